The number of aliphatic hydroxyl groups is 3. The molecule has 1 saturated carbocycles. The molecule has 3 N–H and O–H groups in total. The third-order valence-corrected chi connectivity index (χ3v) is 3.14. The van der Waals surface area contributed by atoms with E-state index in [-0.39, 0.29) is 25.2 Å². The van der Waals surface area contributed by atoms with Gasteiger partial charge in [-0.15, -0.1) is 0 Å². The van der Waals surface area contributed by atoms with E-state index in [0.717, 1.165) is 25.7 Å². The van der Waals surface area contributed by atoms with Crippen molar-refractivity contribution >= 4 is 0 Å². The lowest BCUT2D eigenvalue weighted by Crippen LogP contribution is -2.33. The van der Waals surface area contributed by atoms with Gasteiger partial charge in [0.15, 0.2) is 0 Å². The summed E-state index contributed by atoms with van der Waals surface area (Å²) in [5.74, 6) is 0.604. The van der Waals surface area contributed by atoms with E-state index >= 15 is 0 Å². The quantitative estimate of drug-likeness (QED) is 0.603. The van der Waals surface area contributed by atoms with Gasteiger partial charge in [0.1, 0.15) is 0 Å². The van der Waals surface area contributed by atoms with Crippen molar-refractivity contribution in [1.29, 1.82) is 0 Å². The van der Waals surface area contributed by atoms with Crippen molar-refractivity contribution < 1.29 is 15.3 Å². The van der Waals surface area contributed by atoms with Crippen LogP contribution in [0.2, 0.25) is 0 Å². The predicted molar refractivity (Wildman–Crippen MR) is 50.2 cm³/mol. The number of aliphatic hydroxyl groups excluding tert-OH is 3. The Morgan fingerprint density at radius 2 is 1.69 bits per heavy atom. The summed E-state index contributed by atoms with van der Waals surface area (Å²) in [6.07, 6.45) is 4.16. The minimum absolute atomic E-state index is 0.143. The number of hydrogen-bond acceptors (Lipinski definition) is 3. The molecule has 0 spiro atoms. The van der Waals surface area contributed by atoms with Gasteiger partial charge >= 0.3 is 0 Å². The molecule has 0 bridgehead atoms. The Labute approximate surface area is 79.4 Å². The normalized spacial score (nSPS) is 34.8. The first-order chi connectivity index (χ1) is 6.29. The van der Waals surface area contributed by atoms with Gasteiger partial charge in [-0.05, 0) is 37.5 Å². The topological polar surface area (TPSA) is 60.7 Å². The highest BCUT2D eigenvalue weighted by Gasteiger charge is 2.30. The Bertz CT molecular complexity index is 136. The molecule has 0 radical (unpaired) electrons. The monoisotopic (exact) mass is 188 g/mol. The largest absolute Gasteiger partial charge is 0.396 e. The van der Waals surface area contributed by atoms with Crippen molar-refractivity contribution in [1.82, 2.24) is 0 Å². The second-order valence-electron chi connectivity index (χ2n) is 3.95. The number of hydrogen-bond donors (Lipinski definition) is 3. The molecule has 78 valence electrons. The Morgan fingerprint density at radius 1 is 1.00 bits per heavy atom. The third kappa shape index (κ3) is 2.93. The molecule has 3 atom stereocenters. The van der Waals surface area contributed by atoms with Gasteiger partial charge in [0, 0.05) is 13.2 Å². The van der Waals surface area contributed by atoms with E-state index < -0.39 is 0 Å². The highest BCUT2D eigenvalue weighted by Crippen LogP contribution is 2.34. The molecule has 1 aliphatic carbocycles. The molecular formula is C10H20O3. The molecule has 0 amide bonds. The molecule has 1 aliphatic rings. The Hall–Kier alpha value is -0.120. The van der Waals surface area contributed by atoms with Crippen LogP contribution in [0.3, 0.4) is 0 Å². The summed E-state index contributed by atoms with van der Waals surface area (Å²) in [5, 5.41) is 27.4. The fourth-order valence-corrected chi connectivity index (χ4v) is 2.43. The maximum Gasteiger partial charge on any atom is 0.0571 e. The molecule has 3 unspecified atom stereocenters. The molecule has 0 aromatic rings. The zero-order chi connectivity index (χ0) is 9.68. The van der Waals surface area contributed by atoms with Crippen LogP contribution in [-0.2, 0) is 0 Å². The summed E-state index contributed by atoms with van der Waals surface area (Å²) in [7, 11) is 0. The average molecular weight is 188 g/mol. The van der Waals surface area contributed by atoms with E-state index in [4.69, 9.17) is 10.2 Å². The van der Waals surface area contributed by atoms with Gasteiger partial charge in [-0.25, -0.2) is 0 Å². The van der Waals surface area contributed by atoms with Gasteiger partial charge in [-0.1, -0.05) is 6.42 Å². The van der Waals surface area contributed by atoms with Crippen LogP contribution in [0.4, 0.5) is 0 Å². The molecule has 1 rings (SSSR count). The highest BCUT2D eigenvalue weighted by atomic mass is 16.3. The van der Waals surface area contributed by atoms with Crippen molar-refractivity contribution in [3.8, 4) is 0 Å². The zero-order valence-corrected chi connectivity index (χ0v) is 8.02. The second kappa shape index (κ2) is 5.58. The molecular weight excluding hydrogens is 168 g/mol. The van der Waals surface area contributed by atoms with Crippen molar-refractivity contribution in [2.24, 2.45) is 11.8 Å². The summed E-state index contributed by atoms with van der Waals surface area (Å²) in [4.78, 5) is 0. The van der Waals surface area contributed by atoms with E-state index in [1.165, 1.54) is 0 Å². The van der Waals surface area contributed by atoms with Crippen LogP contribution < -0.4 is 0 Å². The van der Waals surface area contributed by atoms with E-state index in [0.29, 0.717) is 12.3 Å². The molecule has 0 heterocycles. The fourth-order valence-electron chi connectivity index (χ4n) is 2.43. The highest BCUT2D eigenvalue weighted by molar-refractivity contribution is 4.81. The molecule has 3 nitrogen and oxygen atoms in total. The van der Waals surface area contributed by atoms with Gasteiger partial charge in [-0.3, -0.25) is 0 Å². The zero-order valence-electron chi connectivity index (χ0n) is 8.02. The van der Waals surface area contributed by atoms with Crippen LogP contribution in [0.15, 0.2) is 0 Å². The van der Waals surface area contributed by atoms with Gasteiger partial charge in [0.05, 0.1) is 6.10 Å². The average Bonchev–Trinajstić information content (AvgIpc) is 2.11. The minimum atomic E-state index is -0.266. The summed E-state index contributed by atoms with van der Waals surface area (Å²) in [6.45, 7) is 0.336. The lowest BCUT2D eigenvalue weighted by molar-refractivity contribution is 0.0109. The lowest BCUT2D eigenvalue weighted by atomic mass is 9.74. The van der Waals surface area contributed by atoms with Crippen LogP contribution in [0.1, 0.15) is 32.1 Å². The molecule has 0 saturated heterocycles. The van der Waals surface area contributed by atoms with Gasteiger partial charge in [0.2, 0.25) is 0 Å². The fraction of sp³-hybridized carbons (Fsp3) is 1.00. The number of rotatable bonds is 4. The first-order valence-electron chi connectivity index (χ1n) is 5.19. The Kier molecular flexibility index (Phi) is 4.70. The molecule has 0 aromatic heterocycles. The molecule has 0 aliphatic heterocycles. The van der Waals surface area contributed by atoms with Crippen LogP contribution in [0, 0.1) is 11.8 Å². The van der Waals surface area contributed by atoms with Gasteiger partial charge < -0.3 is 15.3 Å². The molecule has 3 heteroatoms. The smallest absolute Gasteiger partial charge is 0.0571 e. The minimum Gasteiger partial charge on any atom is -0.396 e. The maximum atomic E-state index is 9.70. The van der Waals surface area contributed by atoms with E-state index in [1.807, 2.05) is 0 Å². The standard InChI is InChI=1S/C10H20O3/c11-6-4-8-2-1-3-10(13)9(8)5-7-12/h8-13H,1-7H2. The molecule has 13 heavy (non-hydrogen) atoms. The van der Waals surface area contributed by atoms with Crippen molar-refractivity contribution in [3.05, 3.63) is 0 Å². The summed E-state index contributed by atoms with van der Waals surface area (Å²) in [5.41, 5.74) is 0. The Balaban J connectivity index is 2.46. The van der Waals surface area contributed by atoms with Crippen LogP contribution in [-0.4, -0.2) is 34.6 Å². The summed E-state index contributed by atoms with van der Waals surface area (Å²) >= 11 is 0. The van der Waals surface area contributed by atoms with Gasteiger partial charge in [-0.2, -0.15) is 0 Å². The molecule has 0 aromatic carbocycles. The first kappa shape index (κ1) is 11.0. The van der Waals surface area contributed by atoms with Crippen LogP contribution in [0.25, 0.3) is 0 Å². The van der Waals surface area contributed by atoms with E-state index in [1.54, 1.807) is 0 Å². The van der Waals surface area contributed by atoms with Gasteiger partial charge in [0.25, 0.3) is 0 Å². The van der Waals surface area contributed by atoms with E-state index in [2.05, 4.69) is 0 Å². The van der Waals surface area contributed by atoms with Crippen LogP contribution in [0.5, 0.6) is 0 Å². The SMILES string of the molecule is OCCC1CCCC(O)C1CCO. The maximum absolute atomic E-state index is 9.70. The first-order valence-corrected chi connectivity index (χ1v) is 5.19. The second-order valence-corrected chi connectivity index (χ2v) is 3.95. The van der Waals surface area contributed by atoms with Crippen molar-refractivity contribution in [3.63, 3.8) is 0 Å². The third-order valence-electron chi connectivity index (χ3n) is 3.14. The van der Waals surface area contributed by atoms with Crippen molar-refractivity contribution in [2.45, 2.75) is 38.2 Å². The van der Waals surface area contributed by atoms with Crippen LogP contribution >= 0.6 is 0 Å². The lowest BCUT2D eigenvalue weighted by Gasteiger charge is -2.35. The summed E-state index contributed by atoms with van der Waals surface area (Å²) in [6, 6.07) is 0. The summed E-state index contributed by atoms with van der Waals surface area (Å²) < 4.78 is 0. The van der Waals surface area contributed by atoms with E-state index in [9.17, 15) is 5.11 Å². The molecule has 1 fully saturated rings. The van der Waals surface area contributed by atoms with Crippen molar-refractivity contribution in [2.75, 3.05) is 13.2 Å². The Morgan fingerprint density at radius 3 is 2.31 bits per heavy atom. The predicted octanol–water partition coefficient (Wildman–Crippen LogP) is 0.528.